The highest BCUT2D eigenvalue weighted by Gasteiger charge is 2.33. The molecule has 2 aliphatic heterocycles. The van der Waals surface area contributed by atoms with Crippen molar-refractivity contribution in [2.45, 2.75) is 37.9 Å². The highest BCUT2D eigenvalue weighted by atomic mass is 16.4. The summed E-state index contributed by atoms with van der Waals surface area (Å²) in [5.74, 6) is -0.532. The van der Waals surface area contributed by atoms with E-state index < -0.39 is 11.8 Å². The van der Waals surface area contributed by atoms with Crippen LogP contribution in [0.2, 0.25) is 0 Å². The summed E-state index contributed by atoms with van der Waals surface area (Å²) in [6.45, 7) is 1.54. The van der Waals surface area contributed by atoms with Gasteiger partial charge in [-0.05, 0) is 42.5 Å². The summed E-state index contributed by atoms with van der Waals surface area (Å²) in [4.78, 5) is 54.8. The van der Waals surface area contributed by atoms with Crippen molar-refractivity contribution >= 4 is 48.4 Å². The van der Waals surface area contributed by atoms with E-state index in [1.165, 1.54) is 0 Å². The van der Waals surface area contributed by atoms with Crippen LogP contribution in [0.3, 0.4) is 0 Å². The molecule has 10 nitrogen and oxygen atoms in total. The van der Waals surface area contributed by atoms with E-state index in [0.29, 0.717) is 49.9 Å². The van der Waals surface area contributed by atoms with E-state index in [9.17, 15) is 19.2 Å². The van der Waals surface area contributed by atoms with Gasteiger partial charge in [0.05, 0.1) is 11.6 Å². The second-order valence-electron chi connectivity index (χ2n) is 9.13. The van der Waals surface area contributed by atoms with Crippen LogP contribution < -0.4 is 21.9 Å². The largest absolute Gasteiger partial charge is 0.417 e. The molecule has 0 radical (unpaired) electrons. The van der Waals surface area contributed by atoms with E-state index in [2.05, 4.69) is 15.6 Å². The standard InChI is InChI=1S/C24H26BN5O5/c25-18-10-14(11-20-21(18)28-24(34)35-20)9-16(13-31)26-22(32)29-7-5-17(6-8-29)30-12-15-3-1-2-4-19(15)27-23(30)33/h1-4,10-11,13,16-17H,5-9,12,25H2,(H,26,32)(H,27,33)(H,28,34). The van der Waals surface area contributed by atoms with Gasteiger partial charge >= 0.3 is 17.8 Å². The number of benzene rings is 2. The predicted molar refractivity (Wildman–Crippen MR) is 133 cm³/mol. The number of aldehydes is 1. The summed E-state index contributed by atoms with van der Waals surface area (Å²) in [6, 6.07) is 10.2. The third-order valence-electron chi connectivity index (χ3n) is 6.77. The molecule has 3 aromatic rings. The number of oxazole rings is 1. The van der Waals surface area contributed by atoms with Crippen molar-refractivity contribution in [3.8, 4) is 0 Å². The van der Waals surface area contributed by atoms with Crippen molar-refractivity contribution in [2.24, 2.45) is 0 Å². The van der Waals surface area contributed by atoms with Crippen LogP contribution in [-0.2, 0) is 17.8 Å². The fraction of sp³-hybridized carbons (Fsp3) is 0.333. The highest BCUT2D eigenvalue weighted by Crippen LogP contribution is 2.27. The molecule has 35 heavy (non-hydrogen) atoms. The first-order valence-electron chi connectivity index (χ1n) is 11.7. The fourth-order valence-electron chi connectivity index (χ4n) is 4.95. The molecule has 0 bridgehead atoms. The molecule has 5 rings (SSSR count). The number of carbonyl (C=O) groups excluding carboxylic acids is 3. The van der Waals surface area contributed by atoms with E-state index >= 15 is 0 Å². The molecule has 1 saturated heterocycles. The van der Waals surface area contributed by atoms with Gasteiger partial charge in [0.15, 0.2) is 5.58 Å². The lowest BCUT2D eigenvalue weighted by Crippen LogP contribution is -2.54. The summed E-state index contributed by atoms with van der Waals surface area (Å²) in [5, 5.41) is 5.74. The van der Waals surface area contributed by atoms with Gasteiger partial charge in [-0.15, -0.1) is 0 Å². The van der Waals surface area contributed by atoms with E-state index in [1.807, 2.05) is 43.1 Å². The van der Waals surface area contributed by atoms with Gasteiger partial charge in [0, 0.05) is 31.4 Å². The summed E-state index contributed by atoms with van der Waals surface area (Å²) >= 11 is 0. The molecule has 2 aliphatic rings. The number of nitrogens with one attached hydrogen (secondary N) is 3. The number of piperidine rings is 1. The number of aromatic nitrogens is 1. The number of urea groups is 2. The van der Waals surface area contributed by atoms with Crippen molar-refractivity contribution in [3.05, 3.63) is 58.1 Å². The first kappa shape index (κ1) is 22.8. The van der Waals surface area contributed by atoms with Crippen LogP contribution in [0.5, 0.6) is 0 Å². The lowest BCUT2D eigenvalue weighted by atomic mass is 9.91. The van der Waals surface area contributed by atoms with Crippen LogP contribution >= 0.6 is 0 Å². The third-order valence-corrected chi connectivity index (χ3v) is 6.77. The predicted octanol–water partition coefficient (Wildman–Crippen LogP) is 0.711. The number of H-pyrrole nitrogens is 1. The molecule has 11 heteroatoms. The van der Waals surface area contributed by atoms with Crippen molar-refractivity contribution in [3.63, 3.8) is 0 Å². The monoisotopic (exact) mass is 475 g/mol. The smallest absolute Gasteiger partial charge is 0.408 e. The van der Waals surface area contributed by atoms with Crippen LogP contribution in [0, 0.1) is 0 Å². The molecule has 0 aliphatic carbocycles. The number of hydrogen-bond donors (Lipinski definition) is 3. The number of nitrogens with zero attached hydrogens (tertiary/aromatic N) is 2. The Morgan fingerprint density at radius 3 is 2.77 bits per heavy atom. The fourth-order valence-corrected chi connectivity index (χ4v) is 4.95. The average Bonchev–Trinajstić information content (AvgIpc) is 3.24. The molecule has 3 N–H and O–H groups in total. The number of anilines is 1. The number of likely N-dealkylation sites (tertiary alicyclic amines) is 1. The van der Waals surface area contributed by atoms with Crippen LogP contribution in [0.4, 0.5) is 15.3 Å². The van der Waals surface area contributed by atoms with Crippen LogP contribution in [0.15, 0.2) is 45.6 Å². The van der Waals surface area contributed by atoms with Crippen LogP contribution in [0.25, 0.3) is 11.1 Å². The Labute approximate surface area is 202 Å². The lowest BCUT2D eigenvalue weighted by molar-refractivity contribution is -0.109. The molecule has 1 fully saturated rings. The van der Waals surface area contributed by atoms with Crippen LogP contribution in [-0.4, -0.2) is 66.2 Å². The minimum atomic E-state index is -0.716. The average molecular weight is 475 g/mol. The number of aromatic amines is 1. The molecule has 1 atom stereocenters. The van der Waals surface area contributed by atoms with Crippen molar-refractivity contribution in [2.75, 3.05) is 18.4 Å². The van der Waals surface area contributed by atoms with E-state index in [4.69, 9.17) is 4.42 Å². The van der Waals surface area contributed by atoms with Gasteiger partial charge in [-0.1, -0.05) is 29.7 Å². The minimum Gasteiger partial charge on any atom is -0.408 e. The molecule has 3 heterocycles. The van der Waals surface area contributed by atoms with Gasteiger partial charge in [-0.3, -0.25) is 4.98 Å². The third kappa shape index (κ3) is 4.66. The Hall–Kier alpha value is -4.02. The van der Waals surface area contributed by atoms with E-state index in [1.54, 1.807) is 11.0 Å². The van der Waals surface area contributed by atoms with Gasteiger partial charge in [0.1, 0.15) is 14.1 Å². The molecule has 0 spiro atoms. The molecule has 0 saturated carbocycles. The summed E-state index contributed by atoms with van der Waals surface area (Å²) < 4.78 is 5.14. The molecular weight excluding hydrogens is 449 g/mol. The molecule has 180 valence electrons. The van der Waals surface area contributed by atoms with Gasteiger partial charge in [0.25, 0.3) is 0 Å². The van der Waals surface area contributed by atoms with Gasteiger partial charge < -0.3 is 29.6 Å². The second kappa shape index (κ2) is 9.32. The zero-order valence-corrected chi connectivity index (χ0v) is 19.4. The van der Waals surface area contributed by atoms with Crippen LogP contribution in [0.1, 0.15) is 24.0 Å². The summed E-state index contributed by atoms with van der Waals surface area (Å²) in [7, 11) is 1.84. The number of amides is 4. The quantitative estimate of drug-likeness (QED) is 0.370. The number of fused-ring (bicyclic) bond motifs is 2. The molecule has 1 aromatic heterocycles. The SMILES string of the molecule is Bc1cc(CC(C=O)NC(=O)N2CCC(N3Cc4ccccc4NC3=O)CC2)cc2oc(=O)[nH]c12. The normalized spacial score (nSPS) is 17.1. The minimum absolute atomic E-state index is 0.0417. The van der Waals surface area contributed by atoms with Gasteiger partial charge in [0.2, 0.25) is 0 Å². The van der Waals surface area contributed by atoms with Crippen molar-refractivity contribution in [1.82, 2.24) is 20.1 Å². The first-order chi connectivity index (χ1) is 16.9. The number of carbonyl (C=O) groups is 3. The zero-order chi connectivity index (χ0) is 24.5. The number of rotatable bonds is 5. The zero-order valence-electron chi connectivity index (χ0n) is 19.4. The second-order valence-corrected chi connectivity index (χ2v) is 9.13. The maximum atomic E-state index is 12.8. The molecular formula is C24H26BN5O5. The Morgan fingerprint density at radius 2 is 2.00 bits per heavy atom. The molecule has 4 amide bonds. The van der Waals surface area contributed by atoms with Gasteiger partial charge in [-0.2, -0.15) is 0 Å². The Bertz CT molecular complexity index is 1340. The summed E-state index contributed by atoms with van der Waals surface area (Å²) in [5.41, 5.74) is 4.58. The molecule has 2 aromatic carbocycles. The Balaban J connectivity index is 1.17. The van der Waals surface area contributed by atoms with E-state index in [-0.39, 0.29) is 24.5 Å². The molecule has 1 unspecified atom stereocenters. The Morgan fingerprint density at radius 1 is 1.23 bits per heavy atom. The van der Waals surface area contributed by atoms with Gasteiger partial charge in [-0.25, -0.2) is 14.4 Å². The highest BCUT2D eigenvalue weighted by molar-refractivity contribution is 6.38. The summed E-state index contributed by atoms with van der Waals surface area (Å²) in [6.07, 6.45) is 2.33. The lowest BCUT2D eigenvalue weighted by Gasteiger charge is -2.40. The van der Waals surface area contributed by atoms with E-state index in [0.717, 1.165) is 22.3 Å². The topological polar surface area (TPSA) is 128 Å². The van der Waals surface area contributed by atoms with Crippen molar-refractivity contribution < 1.29 is 18.8 Å². The Kier molecular flexibility index (Phi) is 6.06. The maximum Gasteiger partial charge on any atom is 0.417 e. The maximum absolute atomic E-state index is 12.8. The number of para-hydroxylation sites is 1. The van der Waals surface area contributed by atoms with Crippen molar-refractivity contribution in [1.29, 1.82) is 0 Å². The number of hydrogen-bond acceptors (Lipinski definition) is 5. The first-order valence-corrected chi connectivity index (χ1v) is 11.7.